The second-order valence-electron chi connectivity index (χ2n) is 5.34. The topological polar surface area (TPSA) is 64.6 Å². The van der Waals surface area contributed by atoms with Gasteiger partial charge in [0.05, 0.1) is 11.0 Å². The third-order valence-corrected chi connectivity index (χ3v) is 6.18. The van der Waals surface area contributed by atoms with E-state index in [-0.39, 0.29) is 17.0 Å². The minimum absolute atomic E-state index is 0.133. The van der Waals surface area contributed by atoms with Gasteiger partial charge in [0.1, 0.15) is 13.2 Å². The van der Waals surface area contributed by atoms with Gasteiger partial charge in [-0.25, -0.2) is 8.42 Å². The molecule has 0 bridgehead atoms. The summed E-state index contributed by atoms with van der Waals surface area (Å²) in [6.45, 7) is 3.58. The molecule has 0 aromatic heterocycles. The van der Waals surface area contributed by atoms with Gasteiger partial charge in [0, 0.05) is 6.04 Å². The van der Waals surface area contributed by atoms with E-state index in [1.165, 1.54) is 0 Å². The first-order valence-corrected chi connectivity index (χ1v) is 8.62. The summed E-state index contributed by atoms with van der Waals surface area (Å²) < 4.78 is 35.4. The van der Waals surface area contributed by atoms with Crippen molar-refractivity contribution in [3.05, 3.63) is 23.8 Å². The van der Waals surface area contributed by atoms with Crippen LogP contribution in [0, 0.1) is 0 Å². The van der Waals surface area contributed by atoms with Gasteiger partial charge < -0.3 is 14.8 Å². The van der Waals surface area contributed by atoms with Crippen molar-refractivity contribution >= 4 is 9.84 Å². The quantitative estimate of drug-likeness (QED) is 0.846. The van der Waals surface area contributed by atoms with Crippen LogP contribution in [0.1, 0.15) is 24.9 Å². The van der Waals surface area contributed by atoms with Gasteiger partial charge in [-0.05, 0) is 37.6 Å². The Morgan fingerprint density at radius 1 is 1.20 bits per heavy atom. The summed E-state index contributed by atoms with van der Waals surface area (Å²) in [7, 11) is -3.05. The minimum atomic E-state index is -3.05. The number of sulfone groups is 1. The fraction of sp³-hybridized carbons (Fsp3) is 0.571. The maximum Gasteiger partial charge on any atom is 0.161 e. The van der Waals surface area contributed by atoms with Crippen LogP contribution in [0.3, 0.4) is 0 Å². The van der Waals surface area contributed by atoms with Crippen molar-refractivity contribution in [1.82, 2.24) is 5.32 Å². The molecule has 110 valence electrons. The number of benzene rings is 1. The molecular weight excluding hydrogens is 278 g/mol. The largest absolute Gasteiger partial charge is 0.486 e. The van der Waals surface area contributed by atoms with Crippen LogP contribution in [0.25, 0.3) is 0 Å². The van der Waals surface area contributed by atoms with Gasteiger partial charge in [-0.1, -0.05) is 6.07 Å². The van der Waals surface area contributed by atoms with Crippen molar-refractivity contribution in [2.75, 3.05) is 25.5 Å². The molecule has 1 aromatic carbocycles. The molecule has 0 spiro atoms. The van der Waals surface area contributed by atoms with Crippen molar-refractivity contribution in [3.63, 3.8) is 0 Å². The summed E-state index contributed by atoms with van der Waals surface area (Å²) in [5, 5.41) is 3.03. The van der Waals surface area contributed by atoms with Crippen molar-refractivity contribution in [2.24, 2.45) is 0 Å². The lowest BCUT2D eigenvalue weighted by molar-refractivity contribution is 0.171. The summed E-state index contributed by atoms with van der Waals surface area (Å²) in [5.41, 5.74) is 0.937. The number of nitrogens with one attached hydrogen (secondary N) is 1. The Balaban J connectivity index is 1.88. The van der Waals surface area contributed by atoms with E-state index in [2.05, 4.69) is 5.32 Å². The first kappa shape index (κ1) is 13.7. The van der Waals surface area contributed by atoms with Crippen LogP contribution in [-0.4, -0.2) is 39.2 Å². The Kier molecular flexibility index (Phi) is 3.60. The van der Waals surface area contributed by atoms with E-state index in [1.54, 1.807) is 6.92 Å². The molecule has 2 heterocycles. The minimum Gasteiger partial charge on any atom is -0.486 e. The molecule has 3 rings (SSSR count). The molecule has 2 aliphatic heterocycles. The molecule has 1 N–H and O–H groups in total. The molecule has 20 heavy (non-hydrogen) atoms. The van der Waals surface area contributed by atoms with Gasteiger partial charge in [-0.3, -0.25) is 0 Å². The molecule has 5 nitrogen and oxygen atoms in total. The summed E-state index contributed by atoms with van der Waals surface area (Å²) >= 11 is 0. The first-order valence-electron chi connectivity index (χ1n) is 6.91. The van der Waals surface area contributed by atoms with E-state index in [9.17, 15) is 8.42 Å². The summed E-state index contributed by atoms with van der Waals surface area (Å²) in [6.07, 6.45) is 0.656. The Morgan fingerprint density at radius 3 is 2.75 bits per heavy atom. The molecule has 1 aromatic rings. The average molecular weight is 297 g/mol. The molecule has 0 radical (unpaired) electrons. The molecule has 1 fully saturated rings. The highest BCUT2D eigenvalue weighted by Crippen LogP contribution is 2.33. The van der Waals surface area contributed by atoms with E-state index < -0.39 is 9.84 Å². The molecule has 2 aliphatic rings. The van der Waals surface area contributed by atoms with E-state index in [0.717, 1.165) is 11.3 Å². The number of ether oxygens (including phenoxy) is 2. The third kappa shape index (κ3) is 2.62. The van der Waals surface area contributed by atoms with E-state index in [1.807, 2.05) is 18.2 Å². The van der Waals surface area contributed by atoms with Crippen LogP contribution in [0.5, 0.6) is 11.5 Å². The molecule has 2 atom stereocenters. The molecular formula is C14H19NO4S. The van der Waals surface area contributed by atoms with Gasteiger partial charge >= 0.3 is 0 Å². The van der Waals surface area contributed by atoms with Crippen molar-refractivity contribution in [2.45, 2.75) is 24.6 Å². The Labute approximate surface area is 119 Å². The van der Waals surface area contributed by atoms with Crippen molar-refractivity contribution < 1.29 is 17.9 Å². The maximum absolute atomic E-state index is 12.2. The Morgan fingerprint density at radius 2 is 1.95 bits per heavy atom. The van der Waals surface area contributed by atoms with Crippen molar-refractivity contribution in [1.29, 1.82) is 0 Å². The molecule has 0 saturated carbocycles. The second kappa shape index (κ2) is 5.26. The lowest BCUT2D eigenvalue weighted by Gasteiger charge is -2.22. The van der Waals surface area contributed by atoms with Gasteiger partial charge in [0.15, 0.2) is 21.3 Å². The second-order valence-corrected chi connectivity index (χ2v) is 7.80. The van der Waals surface area contributed by atoms with E-state index in [4.69, 9.17) is 9.47 Å². The number of hydrogen-bond donors (Lipinski definition) is 1. The zero-order valence-corrected chi connectivity index (χ0v) is 12.3. The average Bonchev–Trinajstić information content (AvgIpc) is 2.58. The monoisotopic (exact) mass is 297 g/mol. The zero-order valence-electron chi connectivity index (χ0n) is 11.5. The normalized spacial score (nSPS) is 28.6. The smallest absolute Gasteiger partial charge is 0.161 e. The van der Waals surface area contributed by atoms with Gasteiger partial charge in [0.25, 0.3) is 0 Å². The van der Waals surface area contributed by atoms with Crippen LogP contribution >= 0.6 is 0 Å². The predicted molar refractivity (Wildman–Crippen MR) is 76.0 cm³/mol. The highest BCUT2D eigenvalue weighted by molar-refractivity contribution is 7.92. The molecule has 1 saturated heterocycles. The van der Waals surface area contributed by atoms with E-state index >= 15 is 0 Å². The third-order valence-electron chi connectivity index (χ3n) is 3.92. The zero-order chi connectivity index (χ0) is 14.2. The highest BCUT2D eigenvalue weighted by Gasteiger charge is 2.29. The fourth-order valence-electron chi connectivity index (χ4n) is 2.59. The van der Waals surface area contributed by atoms with Crippen LogP contribution in [-0.2, 0) is 9.84 Å². The number of rotatable bonds is 1. The van der Waals surface area contributed by atoms with Gasteiger partial charge in [-0.2, -0.15) is 0 Å². The maximum atomic E-state index is 12.2. The lowest BCUT2D eigenvalue weighted by Crippen LogP contribution is -2.26. The van der Waals surface area contributed by atoms with Crippen molar-refractivity contribution in [3.8, 4) is 11.5 Å². The highest BCUT2D eigenvalue weighted by atomic mass is 32.2. The van der Waals surface area contributed by atoms with Gasteiger partial charge in [-0.15, -0.1) is 0 Å². The molecule has 2 unspecified atom stereocenters. The van der Waals surface area contributed by atoms with Crippen LogP contribution in [0.2, 0.25) is 0 Å². The summed E-state index contributed by atoms with van der Waals surface area (Å²) in [5.74, 6) is 1.56. The standard InChI is InChI=1S/C14H19NO4S/c1-10-4-5-15-12(9-20(10,16)17)11-2-3-13-14(8-11)19-7-6-18-13/h2-3,8,10,12,15H,4-7,9H2,1H3. The SMILES string of the molecule is CC1CCNC(c2ccc3c(c2)OCCO3)CS1(=O)=O. The Bertz CT molecular complexity index is 599. The molecule has 0 amide bonds. The fourth-order valence-corrected chi connectivity index (χ4v) is 4.17. The van der Waals surface area contributed by atoms with Crippen LogP contribution in [0.4, 0.5) is 0 Å². The Hall–Kier alpha value is -1.27. The summed E-state index contributed by atoms with van der Waals surface area (Å²) in [4.78, 5) is 0. The molecule has 6 heteroatoms. The lowest BCUT2D eigenvalue weighted by atomic mass is 10.1. The predicted octanol–water partition coefficient (Wildman–Crippen LogP) is 1.30. The van der Waals surface area contributed by atoms with Crippen LogP contribution < -0.4 is 14.8 Å². The van der Waals surface area contributed by atoms with Gasteiger partial charge in [0.2, 0.25) is 0 Å². The van der Waals surface area contributed by atoms with Crippen LogP contribution in [0.15, 0.2) is 18.2 Å². The molecule has 0 aliphatic carbocycles. The number of hydrogen-bond acceptors (Lipinski definition) is 5. The summed E-state index contributed by atoms with van der Waals surface area (Å²) in [6, 6.07) is 5.47. The van der Waals surface area contributed by atoms with E-state index in [0.29, 0.717) is 31.9 Å². The first-order chi connectivity index (χ1) is 9.56. The number of fused-ring (bicyclic) bond motifs is 1.